The van der Waals surface area contributed by atoms with E-state index in [-0.39, 0.29) is 36.8 Å². The molecular formula is C22H24N2O4. The van der Waals surface area contributed by atoms with Crippen LogP contribution in [0.3, 0.4) is 0 Å². The van der Waals surface area contributed by atoms with Crippen molar-refractivity contribution >= 4 is 17.7 Å². The second-order valence-corrected chi connectivity index (χ2v) is 6.97. The number of hydrogen-bond donors (Lipinski definition) is 1. The first-order valence-electron chi connectivity index (χ1n) is 9.43. The van der Waals surface area contributed by atoms with Crippen LogP contribution in [-0.2, 0) is 11.2 Å². The minimum atomic E-state index is -0.336. The van der Waals surface area contributed by atoms with E-state index < -0.39 is 0 Å². The van der Waals surface area contributed by atoms with E-state index in [0.29, 0.717) is 24.1 Å². The predicted molar refractivity (Wildman–Crippen MR) is 105 cm³/mol. The number of fused-ring (bicyclic) bond motifs is 1. The van der Waals surface area contributed by atoms with Crippen LogP contribution >= 0.6 is 0 Å². The van der Waals surface area contributed by atoms with E-state index in [9.17, 15) is 14.4 Å². The average Bonchev–Trinajstić information content (AvgIpc) is 2.92. The molecule has 0 radical (unpaired) electrons. The van der Waals surface area contributed by atoms with E-state index in [1.54, 1.807) is 24.3 Å². The number of imide groups is 1. The maximum atomic E-state index is 12.3. The van der Waals surface area contributed by atoms with E-state index >= 15 is 0 Å². The molecule has 0 saturated heterocycles. The van der Waals surface area contributed by atoms with E-state index in [0.717, 1.165) is 16.2 Å². The molecule has 3 rings (SSSR count). The van der Waals surface area contributed by atoms with E-state index in [4.69, 9.17) is 4.74 Å². The third kappa shape index (κ3) is 4.57. The second-order valence-electron chi connectivity index (χ2n) is 6.97. The summed E-state index contributed by atoms with van der Waals surface area (Å²) in [5.41, 5.74) is 1.90. The molecule has 28 heavy (non-hydrogen) atoms. The third-order valence-corrected chi connectivity index (χ3v) is 4.47. The highest BCUT2D eigenvalue weighted by Gasteiger charge is 2.34. The van der Waals surface area contributed by atoms with Crippen molar-refractivity contribution in [3.8, 4) is 5.75 Å². The van der Waals surface area contributed by atoms with Crippen molar-refractivity contribution < 1.29 is 19.1 Å². The van der Waals surface area contributed by atoms with Crippen molar-refractivity contribution in [1.29, 1.82) is 0 Å². The maximum Gasteiger partial charge on any atom is 0.261 e. The molecule has 1 aliphatic rings. The molecule has 0 spiro atoms. The standard InChI is InChI=1S/C22H24N2O4/c1-15(2)28-17-9-7-16(8-10-17)11-13-23-20(25)12-14-24-21(26)18-5-3-4-6-19(18)22(24)27/h3-10,15H,11-14H2,1-2H3,(H,23,25). The number of nitrogens with one attached hydrogen (secondary N) is 1. The number of nitrogens with zero attached hydrogens (tertiary/aromatic N) is 1. The molecule has 2 aromatic rings. The lowest BCUT2D eigenvalue weighted by Gasteiger charge is -2.13. The molecule has 1 heterocycles. The minimum absolute atomic E-state index is 0.0828. The molecule has 2 aromatic carbocycles. The SMILES string of the molecule is CC(C)Oc1ccc(CCNC(=O)CCN2C(=O)c3ccccc3C2=O)cc1. The van der Waals surface area contributed by atoms with Gasteiger partial charge in [0.05, 0.1) is 17.2 Å². The first-order chi connectivity index (χ1) is 13.5. The van der Waals surface area contributed by atoms with Crippen LogP contribution in [0, 0.1) is 0 Å². The van der Waals surface area contributed by atoms with Gasteiger partial charge in [0, 0.05) is 19.5 Å². The fraction of sp³-hybridized carbons (Fsp3) is 0.318. The van der Waals surface area contributed by atoms with Crippen molar-refractivity contribution in [2.45, 2.75) is 32.8 Å². The summed E-state index contributed by atoms with van der Waals surface area (Å²) in [7, 11) is 0. The largest absolute Gasteiger partial charge is 0.491 e. The predicted octanol–water partition coefficient (Wildman–Crippen LogP) is 2.82. The van der Waals surface area contributed by atoms with E-state index in [2.05, 4.69) is 5.32 Å². The van der Waals surface area contributed by atoms with Crippen LogP contribution in [0.2, 0.25) is 0 Å². The van der Waals surface area contributed by atoms with Gasteiger partial charge >= 0.3 is 0 Å². The van der Waals surface area contributed by atoms with Crippen LogP contribution in [-0.4, -0.2) is 41.8 Å². The van der Waals surface area contributed by atoms with Gasteiger partial charge < -0.3 is 10.1 Å². The summed E-state index contributed by atoms with van der Waals surface area (Å²) < 4.78 is 5.60. The Kier molecular flexibility index (Phi) is 6.09. The van der Waals surface area contributed by atoms with Crippen LogP contribution in [0.1, 0.15) is 46.5 Å². The van der Waals surface area contributed by atoms with E-state index in [1.807, 2.05) is 38.1 Å². The number of rotatable bonds is 8. The Morgan fingerprint density at radius 3 is 2.18 bits per heavy atom. The summed E-state index contributed by atoms with van der Waals surface area (Å²) >= 11 is 0. The number of carbonyl (C=O) groups is 3. The van der Waals surface area contributed by atoms with E-state index in [1.165, 1.54) is 0 Å². The van der Waals surface area contributed by atoms with Gasteiger partial charge in [-0.3, -0.25) is 19.3 Å². The maximum absolute atomic E-state index is 12.3. The van der Waals surface area contributed by atoms with Gasteiger partial charge in [0.25, 0.3) is 11.8 Å². The van der Waals surface area contributed by atoms with Crippen molar-refractivity contribution in [3.63, 3.8) is 0 Å². The Balaban J connectivity index is 1.42. The summed E-state index contributed by atoms with van der Waals surface area (Å²) in [6, 6.07) is 14.5. The Morgan fingerprint density at radius 1 is 1.00 bits per heavy atom. The highest BCUT2D eigenvalue weighted by atomic mass is 16.5. The zero-order valence-corrected chi connectivity index (χ0v) is 16.1. The van der Waals surface area contributed by atoms with Crippen molar-refractivity contribution in [3.05, 3.63) is 65.2 Å². The van der Waals surface area contributed by atoms with Gasteiger partial charge in [-0.2, -0.15) is 0 Å². The van der Waals surface area contributed by atoms with Crippen LogP contribution in [0.25, 0.3) is 0 Å². The number of hydrogen-bond acceptors (Lipinski definition) is 4. The molecule has 0 aromatic heterocycles. The quantitative estimate of drug-likeness (QED) is 0.715. The Hall–Kier alpha value is -3.15. The summed E-state index contributed by atoms with van der Waals surface area (Å²) in [4.78, 5) is 37.8. The molecule has 1 aliphatic heterocycles. The van der Waals surface area contributed by atoms with Gasteiger partial charge in [-0.15, -0.1) is 0 Å². The molecular weight excluding hydrogens is 356 g/mol. The summed E-state index contributed by atoms with van der Waals surface area (Å²) in [5.74, 6) is -0.0331. The zero-order chi connectivity index (χ0) is 20.1. The first-order valence-corrected chi connectivity index (χ1v) is 9.43. The average molecular weight is 380 g/mol. The summed E-state index contributed by atoms with van der Waals surface area (Å²) in [5, 5.41) is 2.83. The molecule has 0 saturated carbocycles. The highest BCUT2D eigenvalue weighted by molar-refractivity contribution is 6.21. The topological polar surface area (TPSA) is 75.7 Å². The van der Waals surface area contributed by atoms with Gasteiger partial charge in [-0.1, -0.05) is 24.3 Å². The van der Waals surface area contributed by atoms with Crippen molar-refractivity contribution in [1.82, 2.24) is 10.2 Å². The normalized spacial score (nSPS) is 13.0. The first kappa shape index (κ1) is 19.6. The lowest BCUT2D eigenvalue weighted by atomic mass is 10.1. The van der Waals surface area contributed by atoms with Crippen LogP contribution in [0.15, 0.2) is 48.5 Å². The molecule has 3 amide bonds. The molecule has 6 heteroatoms. The molecule has 0 fully saturated rings. The molecule has 6 nitrogen and oxygen atoms in total. The second kappa shape index (κ2) is 8.69. The number of carbonyl (C=O) groups excluding carboxylic acids is 3. The fourth-order valence-electron chi connectivity index (χ4n) is 3.10. The van der Waals surface area contributed by atoms with Crippen LogP contribution in [0.4, 0.5) is 0 Å². The highest BCUT2D eigenvalue weighted by Crippen LogP contribution is 2.22. The van der Waals surface area contributed by atoms with Crippen LogP contribution < -0.4 is 10.1 Å². The summed E-state index contributed by atoms with van der Waals surface area (Å²) in [6.07, 6.45) is 0.917. The molecule has 0 unspecified atom stereocenters. The monoisotopic (exact) mass is 380 g/mol. The molecule has 1 N–H and O–H groups in total. The fourth-order valence-corrected chi connectivity index (χ4v) is 3.10. The molecule has 0 bridgehead atoms. The lowest BCUT2D eigenvalue weighted by Crippen LogP contribution is -2.35. The smallest absolute Gasteiger partial charge is 0.261 e. The molecule has 0 aliphatic carbocycles. The summed E-state index contributed by atoms with van der Waals surface area (Å²) in [6.45, 7) is 4.53. The van der Waals surface area contributed by atoms with Gasteiger partial charge in [-0.25, -0.2) is 0 Å². The number of amides is 3. The lowest BCUT2D eigenvalue weighted by molar-refractivity contribution is -0.121. The minimum Gasteiger partial charge on any atom is -0.491 e. The van der Waals surface area contributed by atoms with Gasteiger partial charge in [0.1, 0.15) is 5.75 Å². The van der Waals surface area contributed by atoms with Crippen molar-refractivity contribution in [2.24, 2.45) is 0 Å². The number of ether oxygens (including phenoxy) is 1. The Bertz CT molecular complexity index is 839. The van der Waals surface area contributed by atoms with Crippen molar-refractivity contribution in [2.75, 3.05) is 13.1 Å². The zero-order valence-electron chi connectivity index (χ0n) is 16.1. The molecule has 146 valence electrons. The Morgan fingerprint density at radius 2 is 1.61 bits per heavy atom. The third-order valence-electron chi connectivity index (χ3n) is 4.47. The van der Waals surface area contributed by atoms with Crippen LogP contribution in [0.5, 0.6) is 5.75 Å². The number of benzene rings is 2. The van der Waals surface area contributed by atoms with Gasteiger partial charge in [0.2, 0.25) is 5.91 Å². The Labute approximate surface area is 164 Å². The van der Waals surface area contributed by atoms with Gasteiger partial charge in [0.15, 0.2) is 0 Å². The molecule has 0 atom stereocenters. The van der Waals surface area contributed by atoms with Gasteiger partial charge in [-0.05, 0) is 50.1 Å².